The number of carbonyl (C=O) groups is 1. The second-order valence-corrected chi connectivity index (χ2v) is 7.14. The molecule has 0 spiro atoms. The number of nitrogens with zero attached hydrogens (tertiary/aromatic N) is 2. The maximum absolute atomic E-state index is 12.2. The van der Waals surface area contributed by atoms with Gasteiger partial charge in [-0.15, -0.1) is 0 Å². The van der Waals surface area contributed by atoms with Gasteiger partial charge in [0.2, 0.25) is 0 Å². The zero-order chi connectivity index (χ0) is 19.6. The lowest BCUT2D eigenvalue weighted by Gasteiger charge is -2.10. The Balaban J connectivity index is 1.81. The van der Waals surface area contributed by atoms with Gasteiger partial charge in [-0.1, -0.05) is 40.9 Å². The van der Waals surface area contributed by atoms with Gasteiger partial charge in [-0.05, 0) is 57.2 Å². The average molecular weight is 400 g/mol. The number of hydrogen-bond donors (Lipinski definition) is 1. The van der Waals surface area contributed by atoms with Crippen LogP contribution in [0.2, 0.25) is 10.0 Å². The number of aryl methyl sites for hydroxylation is 2. The zero-order valence-corrected chi connectivity index (χ0v) is 16.8. The van der Waals surface area contributed by atoms with Gasteiger partial charge < -0.3 is 4.57 Å². The first-order valence-corrected chi connectivity index (χ1v) is 9.17. The molecule has 0 aliphatic carbocycles. The van der Waals surface area contributed by atoms with Gasteiger partial charge in [-0.2, -0.15) is 5.10 Å². The van der Waals surface area contributed by atoms with Crippen molar-refractivity contribution in [3.05, 3.63) is 86.7 Å². The normalized spacial score (nSPS) is 11.1. The number of amides is 1. The van der Waals surface area contributed by atoms with Crippen LogP contribution < -0.4 is 5.43 Å². The molecule has 1 heterocycles. The summed E-state index contributed by atoms with van der Waals surface area (Å²) >= 11 is 12.2. The van der Waals surface area contributed by atoms with Crippen LogP contribution in [-0.2, 0) is 0 Å². The van der Waals surface area contributed by atoms with Crippen LogP contribution in [0.1, 0.15) is 32.9 Å². The molecule has 0 saturated carbocycles. The monoisotopic (exact) mass is 399 g/mol. The summed E-state index contributed by atoms with van der Waals surface area (Å²) in [6, 6.07) is 14.9. The largest absolute Gasteiger partial charge is 0.318 e. The van der Waals surface area contributed by atoms with E-state index in [1.165, 1.54) is 0 Å². The van der Waals surface area contributed by atoms with Crippen molar-refractivity contribution >= 4 is 35.3 Å². The summed E-state index contributed by atoms with van der Waals surface area (Å²) in [5.41, 5.74) is 8.01. The van der Waals surface area contributed by atoms with E-state index in [1.54, 1.807) is 18.3 Å². The first-order valence-electron chi connectivity index (χ1n) is 8.41. The van der Waals surface area contributed by atoms with Crippen molar-refractivity contribution in [2.75, 3.05) is 0 Å². The Morgan fingerprint density at radius 2 is 1.81 bits per heavy atom. The van der Waals surface area contributed by atoms with Crippen LogP contribution in [0, 0.1) is 20.8 Å². The van der Waals surface area contributed by atoms with E-state index in [0.29, 0.717) is 15.6 Å². The molecule has 138 valence electrons. The van der Waals surface area contributed by atoms with E-state index < -0.39 is 0 Å². The predicted octanol–water partition coefficient (Wildman–Crippen LogP) is 5.47. The first-order chi connectivity index (χ1) is 12.9. The van der Waals surface area contributed by atoms with Gasteiger partial charge in [0.05, 0.1) is 16.3 Å². The highest BCUT2D eigenvalue weighted by molar-refractivity contribution is 6.42. The molecule has 0 aliphatic rings. The molecular formula is C21H19Cl2N3O. The third-order valence-electron chi connectivity index (χ3n) is 4.28. The molecule has 0 unspecified atom stereocenters. The molecule has 3 rings (SSSR count). The summed E-state index contributed by atoms with van der Waals surface area (Å²) in [5.74, 6) is -0.242. The number of hydrogen-bond acceptors (Lipinski definition) is 2. The summed E-state index contributed by atoms with van der Waals surface area (Å²) in [4.78, 5) is 12.2. The molecule has 1 N–H and O–H groups in total. The fraction of sp³-hybridized carbons (Fsp3) is 0.143. The maximum Gasteiger partial charge on any atom is 0.271 e. The highest BCUT2D eigenvalue weighted by Gasteiger charge is 2.11. The molecule has 1 aromatic heterocycles. The first kappa shape index (κ1) is 19.2. The van der Waals surface area contributed by atoms with Crippen molar-refractivity contribution in [3.63, 3.8) is 0 Å². The average Bonchev–Trinajstić information content (AvgIpc) is 2.91. The molecule has 0 fully saturated rings. The Kier molecular flexibility index (Phi) is 5.68. The Hall–Kier alpha value is -2.56. The van der Waals surface area contributed by atoms with Crippen LogP contribution in [0.15, 0.2) is 53.6 Å². The summed E-state index contributed by atoms with van der Waals surface area (Å²) in [7, 11) is 0. The van der Waals surface area contributed by atoms with Gasteiger partial charge in [0.25, 0.3) is 5.91 Å². The topological polar surface area (TPSA) is 46.4 Å². The van der Waals surface area contributed by atoms with E-state index in [2.05, 4.69) is 15.1 Å². The van der Waals surface area contributed by atoms with Crippen molar-refractivity contribution in [1.82, 2.24) is 9.99 Å². The third-order valence-corrected chi connectivity index (χ3v) is 5.02. The number of nitrogens with one attached hydrogen (secondary N) is 1. The van der Waals surface area contributed by atoms with Crippen LogP contribution in [0.25, 0.3) is 5.69 Å². The standard InChI is InChI=1S/C21H19Cl2N3O/c1-13-5-4-6-16(9-13)21(27)25-24-12-17-10-14(2)26(15(17)3)18-7-8-19(22)20(23)11-18/h4-12H,1-3H3,(H,25,27)/b24-12-. The van der Waals surface area contributed by atoms with E-state index in [1.807, 2.05) is 57.2 Å². The Morgan fingerprint density at radius 3 is 2.52 bits per heavy atom. The SMILES string of the molecule is Cc1cccc(C(=O)N/N=C\c2cc(C)n(-c3ccc(Cl)c(Cl)c3)c2C)c1. The summed E-state index contributed by atoms with van der Waals surface area (Å²) in [6.07, 6.45) is 1.64. The molecule has 0 saturated heterocycles. The van der Waals surface area contributed by atoms with Gasteiger partial charge >= 0.3 is 0 Å². The second kappa shape index (κ2) is 7.99. The molecule has 0 bridgehead atoms. The van der Waals surface area contributed by atoms with Gasteiger partial charge in [0, 0.05) is 28.2 Å². The molecule has 2 aromatic carbocycles. The van der Waals surface area contributed by atoms with Gasteiger partial charge in [0.15, 0.2) is 0 Å². The van der Waals surface area contributed by atoms with Crippen LogP contribution in [0.3, 0.4) is 0 Å². The third kappa shape index (κ3) is 4.24. The van der Waals surface area contributed by atoms with Crippen LogP contribution in [0.5, 0.6) is 0 Å². The molecule has 1 amide bonds. The van der Waals surface area contributed by atoms with Crippen molar-refractivity contribution in [1.29, 1.82) is 0 Å². The lowest BCUT2D eigenvalue weighted by molar-refractivity contribution is 0.0955. The number of halogens is 2. The van der Waals surface area contributed by atoms with Crippen LogP contribution in [-0.4, -0.2) is 16.7 Å². The van der Waals surface area contributed by atoms with Gasteiger partial charge in [-0.25, -0.2) is 5.43 Å². The maximum atomic E-state index is 12.2. The van der Waals surface area contributed by atoms with E-state index in [-0.39, 0.29) is 5.91 Å². The molecular weight excluding hydrogens is 381 g/mol. The van der Waals surface area contributed by atoms with E-state index >= 15 is 0 Å². The molecule has 0 aliphatic heterocycles. The minimum atomic E-state index is -0.242. The highest BCUT2D eigenvalue weighted by atomic mass is 35.5. The number of benzene rings is 2. The quantitative estimate of drug-likeness (QED) is 0.458. The van der Waals surface area contributed by atoms with E-state index in [9.17, 15) is 4.79 Å². The molecule has 0 atom stereocenters. The summed E-state index contributed by atoms with van der Waals surface area (Å²) < 4.78 is 2.06. The number of hydrazone groups is 1. The zero-order valence-electron chi connectivity index (χ0n) is 15.3. The molecule has 4 nitrogen and oxygen atoms in total. The van der Waals surface area contributed by atoms with Crippen molar-refractivity contribution < 1.29 is 4.79 Å². The lowest BCUT2D eigenvalue weighted by atomic mass is 10.1. The van der Waals surface area contributed by atoms with Crippen LogP contribution in [0.4, 0.5) is 0 Å². The van der Waals surface area contributed by atoms with Gasteiger partial charge in [-0.3, -0.25) is 4.79 Å². The van der Waals surface area contributed by atoms with Crippen molar-refractivity contribution in [2.45, 2.75) is 20.8 Å². The molecule has 3 aromatic rings. The fourth-order valence-electron chi connectivity index (χ4n) is 2.95. The van der Waals surface area contributed by atoms with E-state index in [4.69, 9.17) is 23.2 Å². The number of carbonyl (C=O) groups excluding carboxylic acids is 1. The highest BCUT2D eigenvalue weighted by Crippen LogP contribution is 2.27. The summed E-state index contributed by atoms with van der Waals surface area (Å²) in [5, 5.41) is 5.12. The Labute approximate surface area is 168 Å². The lowest BCUT2D eigenvalue weighted by Crippen LogP contribution is -2.17. The predicted molar refractivity (Wildman–Crippen MR) is 112 cm³/mol. The Morgan fingerprint density at radius 1 is 1.04 bits per heavy atom. The molecule has 0 radical (unpaired) electrons. The van der Waals surface area contributed by atoms with Crippen molar-refractivity contribution in [2.24, 2.45) is 5.10 Å². The fourth-order valence-corrected chi connectivity index (χ4v) is 3.24. The minimum Gasteiger partial charge on any atom is -0.318 e. The van der Waals surface area contributed by atoms with Crippen molar-refractivity contribution in [3.8, 4) is 5.69 Å². The second-order valence-electron chi connectivity index (χ2n) is 6.33. The van der Waals surface area contributed by atoms with Crippen LogP contribution >= 0.6 is 23.2 Å². The molecule has 27 heavy (non-hydrogen) atoms. The van der Waals surface area contributed by atoms with E-state index in [0.717, 1.165) is 28.2 Å². The smallest absolute Gasteiger partial charge is 0.271 e. The number of aromatic nitrogens is 1. The Bertz CT molecular complexity index is 1040. The van der Waals surface area contributed by atoms with Gasteiger partial charge in [0.1, 0.15) is 0 Å². The minimum absolute atomic E-state index is 0.242. The molecule has 6 heteroatoms. The summed E-state index contributed by atoms with van der Waals surface area (Å²) in [6.45, 7) is 5.93. The number of rotatable bonds is 4.